The number of rotatable bonds is 6. The van der Waals surface area contributed by atoms with Crippen molar-refractivity contribution in [3.8, 4) is 0 Å². The molecule has 4 nitrogen and oxygen atoms in total. The van der Waals surface area contributed by atoms with Crippen molar-refractivity contribution in [2.75, 3.05) is 0 Å². The Labute approximate surface area is 125 Å². The highest BCUT2D eigenvalue weighted by Gasteiger charge is 2.37. The Morgan fingerprint density at radius 2 is 2.05 bits per heavy atom. The standard InChI is InChI=1S/C14H19ClN2O2S/c1-9-6-13(9)17-20(18,19)14-7-10(2-5-12(14)15)8-16-11-3-4-11/h2,5,7,9,11,13,16-17H,3-4,6,8H2,1H3. The first kappa shape index (κ1) is 14.3. The average molecular weight is 315 g/mol. The van der Waals surface area contributed by atoms with E-state index in [0.717, 1.165) is 12.0 Å². The van der Waals surface area contributed by atoms with Crippen molar-refractivity contribution in [2.45, 2.75) is 49.7 Å². The van der Waals surface area contributed by atoms with Gasteiger partial charge in [-0.05, 0) is 42.9 Å². The number of sulfonamides is 1. The second kappa shape index (κ2) is 5.30. The summed E-state index contributed by atoms with van der Waals surface area (Å²) in [7, 11) is -3.52. The van der Waals surface area contributed by atoms with E-state index in [-0.39, 0.29) is 16.0 Å². The van der Waals surface area contributed by atoms with Crippen LogP contribution in [0.2, 0.25) is 5.02 Å². The highest BCUT2D eigenvalue weighted by molar-refractivity contribution is 7.89. The smallest absolute Gasteiger partial charge is 0.242 e. The van der Waals surface area contributed by atoms with Gasteiger partial charge in [-0.3, -0.25) is 0 Å². The van der Waals surface area contributed by atoms with E-state index < -0.39 is 10.0 Å². The zero-order chi connectivity index (χ0) is 14.3. The fraction of sp³-hybridized carbons (Fsp3) is 0.571. The van der Waals surface area contributed by atoms with Crippen molar-refractivity contribution in [2.24, 2.45) is 5.92 Å². The lowest BCUT2D eigenvalue weighted by Gasteiger charge is -2.10. The molecular weight excluding hydrogens is 296 g/mol. The predicted molar refractivity (Wildman–Crippen MR) is 79.2 cm³/mol. The molecule has 0 heterocycles. The van der Waals surface area contributed by atoms with Gasteiger partial charge < -0.3 is 5.32 Å². The van der Waals surface area contributed by atoms with E-state index >= 15 is 0 Å². The molecule has 1 aromatic rings. The number of benzene rings is 1. The van der Waals surface area contributed by atoms with E-state index in [1.165, 1.54) is 12.8 Å². The second-order valence-corrected chi connectivity index (χ2v) is 7.95. The highest BCUT2D eigenvalue weighted by atomic mass is 35.5. The molecule has 3 rings (SSSR count). The van der Waals surface area contributed by atoms with Crippen molar-refractivity contribution >= 4 is 21.6 Å². The third kappa shape index (κ3) is 3.34. The Balaban J connectivity index is 1.77. The summed E-state index contributed by atoms with van der Waals surface area (Å²) in [4.78, 5) is 0.188. The van der Waals surface area contributed by atoms with Crippen LogP contribution in [0.25, 0.3) is 0 Å². The van der Waals surface area contributed by atoms with Crippen LogP contribution in [0.15, 0.2) is 23.1 Å². The van der Waals surface area contributed by atoms with Crippen LogP contribution in [0.4, 0.5) is 0 Å². The number of nitrogens with one attached hydrogen (secondary N) is 2. The molecule has 2 N–H and O–H groups in total. The minimum atomic E-state index is -3.52. The molecule has 2 unspecified atom stereocenters. The first-order valence-corrected chi connectivity index (χ1v) is 8.86. The van der Waals surface area contributed by atoms with Crippen molar-refractivity contribution in [1.29, 1.82) is 0 Å². The van der Waals surface area contributed by atoms with Gasteiger partial charge in [0.1, 0.15) is 4.90 Å². The van der Waals surface area contributed by atoms with Crippen molar-refractivity contribution in [1.82, 2.24) is 10.0 Å². The Hall–Kier alpha value is -0.620. The molecule has 6 heteroatoms. The van der Waals surface area contributed by atoms with Gasteiger partial charge in [-0.2, -0.15) is 0 Å². The zero-order valence-corrected chi connectivity index (χ0v) is 13.0. The molecule has 0 bridgehead atoms. The quantitative estimate of drug-likeness (QED) is 0.847. The van der Waals surface area contributed by atoms with E-state index in [1.807, 2.05) is 13.0 Å². The minimum Gasteiger partial charge on any atom is -0.310 e. The van der Waals surface area contributed by atoms with Gasteiger partial charge in [-0.1, -0.05) is 24.6 Å². The van der Waals surface area contributed by atoms with Crippen LogP contribution >= 0.6 is 11.6 Å². The molecule has 2 aliphatic rings. The van der Waals surface area contributed by atoms with Crippen molar-refractivity contribution < 1.29 is 8.42 Å². The molecule has 0 aromatic heterocycles. The summed E-state index contributed by atoms with van der Waals surface area (Å²) in [5, 5.41) is 3.65. The third-order valence-corrected chi connectivity index (χ3v) is 5.84. The lowest BCUT2D eigenvalue weighted by molar-refractivity contribution is 0.578. The van der Waals surface area contributed by atoms with Crippen LogP contribution in [0.1, 0.15) is 31.7 Å². The summed E-state index contributed by atoms with van der Waals surface area (Å²) < 4.78 is 27.4. The van der Waals surface area contributed by atoms with E-state index in [9.17, 15) is 8.42 Å². The minimum absolute atomic E-state index is 0.0595. The summed E-state index contributed by atoms with van der Waals surface area (Å²) in [6, 6.07) is 5.86. The second-order valence-electron chi connectivity index (χ2n) is 5.86. The van der Waals surface area contributed by atoms with Gasteiger partial charge in [0.05, 0.1) is 5.02 Å². The maximum absolute atomic E-state index is 12.3. The molecule has 2 fully saturated rings. The van der Waals surface area contributed by atoms with Crippen LogP contribution in [0, 0.1) is 5.92 Å². The van der Waals surface area contributed by atoms with Gasteiger partial charge in [0, 0.05) is 18.6 Å². The van der Waals surface area contributed by atoms with Gasteiger partial charge in [0.25, 0.3) is 0 Å². The molecule has 0 aliphatic heterocycles. The molecule has 2 saturated carbocycles. The number of halogens is 1. The summed E-state index contributed by atoms with van der Waals surface area (Å²) in [5.74, 6) is 0.420. The lowest BCUT2D eigenvalue weighted by atomic mass is 10.2. The Bertz CT molecular complexity index is 614. The molecule has 0 radical (unpaired) electrons. The van der Waals surface area contributed by atoms with Gasteiger partial charge in [-0.25, -0.2) is 13.1 Å². The monoisotopic (exact) mass is 314 g/mol. The molecule has 0 amide bonds. The Morgan fingerprint density at radius 3 is 2.65 bits per heavy atom. The molecule has 0 spiro atoms. The van der Waals surface area contributed by atoms with Gasteiger partial charge in [-0.15, -0.1) is 0 Å². The summed E-state index contributed by atoms with van der Waals surface area (Å²) in [6.45, 7) is 2.72. The lowest BCUT2D eigenvalue weighted by Crippen LogP contribution is -2.27. The van der Waals surface area contributed by atoms with Crippen molar-refractivity contribution in [3.63, 3.8) is 0 Å². The van der Waals surface area contributed by atoms with Gasteiger partial charge >= 0.3 is 0 Å². The van der Waals surface area contributed by atoms with E-state index in [2.05, 4.69) is 10.0 Å². The molecule has 2 atom stereocenters. The maximum Gasteiger partial charge on any atom is 0.242 e. The summed E-state index contributed by atoms with van der Waals surface area (Å²) >= 11 is 6.06. The normalized spacial score (nSPS) is 25.7. The molecular formula is C14H19ClN2O2S. The number of hydrogen-bond acceptors (Lipinski definition) is 3. The first-order valence-electron chi connectivity index (χ1n) is 7.00. The Kier molecular flexibility index (Phi) is 3.79. The zero-order valence-electron chi connectivity index (χ0n) is 11.4. The number of hydrogen-bond donors (Lipinski definition) is 2. The van der Waals surface area contributed by atoms with Crippen LogP contribution < -0.4 is 10.0 Å². The third-order valence-electron chi connectivity index (χ3n) is 3.87. The van der Waals surface area contributed by atoms with Crippen LogP contribution in [-0.2, 0) is 16.6 Å². The Morgan fingerprint density at radius 1 is 1.35 bits per heavy atom. The SMILES string of the molecule is CC1CC1NS(=O)(=O)c1cc(CNC2CC2)ccc1Cl. The van der Waals surface area contributed by atoms with Crippen LogP contribution in [0.5, 0.6) is 0 Å². The van der Waals surface area contributed by atoms with Crippen LogP contribution in [0.3, 0.4) is 0 Å². The van der Waals surface area contributed by atoms with Gasteiger partial charge in [0.2, 0.25) is 10.0 Å². The van der Waals surface area contributed by atoms with E-state index in [4.69, 9.17) is 11.6 Å². The molecule has 20 heavy (non-hydrogen) atoms. The average Bonchev–Trinajstić information content (AvgIpc) is 3.28. The topological polar surface area (TPSA) is 58.2 Å². The fourth-order valence-electron chi connectivity index (χ4n) is 2.16. The molecule has 1 aromatic carbocycles. The molecule has 110 valence electrons. The summed E-state index contributed by atoms with van der Waals surface area (Å²) in [5.41, 5.74) is 0.950. The fourth-order valence-corrected chi connectivity index (χ4v) is 4.07. The highest BCUT2D eigenvalue weighted by Crippen LogP contribution is 2.32. The molecule has 2 aliphatic carbocycles. The van der Waals surface area contributed by atoms with Crippen molar-refractivity contribution in [3.05, 3.63) is 28.8 Å². The maximum atomic E-state index is 12.3. The first-order chi connectivity index (χ1) is 9.45. The molecule has 0 saturated heterocycles. The largest absolute Gasteiger partial charge is 0.310 e. The van der Waals surface area contributed by atoms with Gasteiger partial charge in [0.15, 0.2) is 0 Å². The summed E-state index contributed by atoms with van der Waals surface area (Å²) in [6.07, 6.45) is 3.32. The predicted octanol–water partition coefficient (Wildman–Crippen LogP) is 2.28. The van der Waals surface area contributed by atoms with Crippen LogP contribution in [-0.4, -0.2) is 20.5 Å². The van der Waals surface area contributed by atoms with E-state index in [0.29, 0.717) is 18.5 Å². The van der Waals surface area contributed by atoms with E-state index in [1.54, 1.807) is 12.1 Å².